The van der Waals surface area contributed by atoms with Gasteiger partial charge in [0.25, 0.3) is 5.91 Å². The summed E-state index contributed by atoms with van der Waals surface area (Å²) in [6, 6.07) is 20.6. The van der Waals surface area contributed by atoms with E-state index in [9.17, 15) is 19.2 Å². The quantitative estimate of drug-likeness (QED) is 0.0970. The minimum Gasteiger partial charge on any atom is -0.465 e. The predicted molar refractivity (Wildman–Crippen MR) is 218 cm³/mol. The molecule has 3 atom stereocenters. The maximum absolute atomic E-state index is 13.8. The van der Waals surface area contributed by atoms with Crippen LogP contribution >= 0.6 is 0 Å². The molecule has 57 heavy (non-hydrogen) atoms. The zero-order valence-corrected chi connectivity index (χ0v) is 33.5. The van der Waals surface area contributed by atoms with E-state index >= 15 is 0 Å². The summed E-state index contributed by atoms with van der Waals surface area (Å²) in [7, 11) is 4.24. The van der Waals surface area contributed by atoms with E-state index in [0.29, 0.717) is 42.5 Å². The van der Waals surface area contributed by atoms with Crippen molar-refractivity contribution >= 4 is 29.5 Å². The number of tetrazole rings is 1. The number of aryl methyl sites for hydroxylation is 1. The minimum absolute atomic E-state index is 0.00741. The molecule has 0 spiro atoms. The van der Waals surface area contributed by atoms with Crippen LogP contribution in [0.3, 0.4) is 0 Å². The van der Waals surface area contributed by atoms with Gasteiger partial charge in [-0.1, -0.05) is 44.2 Å². The molecule has 6 rings (SSSR count). The summed E-state index contributed by atoms with van der Waals surface area (Å²) in [5, 5.41) is 34.6. The van der Waals surface area contributed by atoms with E-state index in [0.717, 1.165) is 59.9 Å². The molecule has 1 aromatic heterocycles. The SMILES string of the molecule is Cc1cc(C(=O)NC2CCC(N(C)C)CC2(C)C)ccc1-c1ccc(C[C@H](NC(=O)[C@H]2CC[C@H](CNC(=O)O)CC2)C(=O)Nc2ccc(-c3nnn[nH]3)cc2)cc1. The standard InChI is InChI=1S/C43H55N9O5/c1-26-22-32(40(54)47-37-21-19-34(52(4)5)24-43(37,2)3)16-20-35(26)29-10-6-27(7-11-29)23-36(46-39(53)31-12-8-28(9-13-31)25-44-42(56)57)41(55)45-33-17-14-30(15-18-33)38-48-50-51-49-38/h6-7,10-11,14-18,20,22,28,31,34,36-37,44H,8-9,12-13,19,21,23-25H2,1-5H3,(H,45,55)(H,46,53)(H,47,54)(H,56,57)(H,48,49,50,51)/t28-,31-,34?,36-,37?/m0/s1. The molecule has 1 heterocycles. The number of nitrogens with one attached hydrogen (secondary N) is 5. The number of hydrogen-bond acceptors (Lipinski definition) is 8. The molecular weight excluding hydrogens is 723 g/mol. The molecule has 0 radical (unpaired) electrons. The molecule has 2 unspecified atom stereocenters. The van der Waals surface area contributed by atoms with Crippen molar-refractivity contribution in [2.75, 3.05) is 26.0 Å². The smallest absolute Gasteiger partial charge is 0.404 e. The Balaban J connectivity index is 1.12. The van der Waals surface area contributed by atoms with Crippen molar-refractivity contribution in [3.05, 3.63) is 83.4 Å². The lowest BCUT2D eigenvalue weighted by molar-refractivity contribution is -0.130. The van der Waals surface area contributed by atoms with Gasteiger partial charge in [-0.05, 0) is 146 Å². The lowest BCUT2D eigenvalue weighted by Crippen LogP contribution is -2.51. The summed E-state index contributed by atoms with van der Waals surface area (Å²) in [6.45, 7) is 6.85. The summed E-state index contributed by atoms with van der Waals surface area (Å²) in [5.41, 5.74) is 5.78. The van der Waals surface area contributed by atoms with Gasteiger partial charge in [0.15, 0.2) is 5.82 Å². The van der Waals surface area contributed by atoms with Crippen LogP contribution in [0.5, 0.6) is 0 Å². The normalized spacial score (nSPS) is 20.9. The van der Waals surface area contributed by atoms with Gasteiger partial charge in [-0.15, -0.1) is 5.10 Å². The Morgan fingerprint density at radius 1 is 0.912 bits per heavy atom. The van der Waals surface area contributed by atoms with Crippen LogP contribution in [-0.2, 0) is 16.0 Å². The Hall–Kier alpha value is -5.63. The molecule has 14 heteroatoms. The number of carbonyl (C=O) groups excluding carboxylic acids is 3. The number of rotatable bonds is 13. The number of aromatic nitrogens is 4. The molecule has 0 aliphatic heterocycles. The van der Waals surface area contributed by atoms with E-state index in [1.54, 1.807) is 24.3 Å². The predicted octanol–water partition coefficient (Wildman–Crippen LogP) is 5.82. The second-order valence-electron chi connectivity index (χ2n) is 16.6. The molecule has 0 saturated heterocycles. The highest BCUT2D eigenvalue weighted by atomic mass is 16.4. The zero-order chi connectivity index (χ0) is 40.7. The summed E-state index contributed by atoms with van der Waals surface area (Å²) < 4.78 is 0. The van der Waals surface area contributed by atoms with Crippen molar-refractivity contribution in [2.45, 2.75) is 90.3 Å². The van der Waals surface area contributed by atoms with Gasteiger partial charge in [-0.2, -0.15) is 0 Å². The molecule has 2 saturated carbocycles. The van der Waals surface area contributed by atoms with Gasteiger partial charge in [0.05, 0.1) is 0 Å². The number of nitrogens with zero attached hydrogens (tertiary/aromatic N) is 4. The summed E-state index contributed by atoms with van der Waals surface area (Å²) in [4.78, 5) is 54.0. The highest BCUT2D eigenvalue weighted by molar-refractivity contribution is 5.98. The highest BCUT2D eigenvalue weighted by Crippen LogP contribution is 2.37. The van der Waals surface area contributed by atoms with E-state index in [1.165, 1.54) is 0 Å². The monoisotopic (exact) mass is 777 g/mol. The number of anilines is 1. The van der Waals surface area contributed by atoms with Crippen molar-refractivity contribution in [3.8, 4) is 22.5 Å². The Morgan fingerprint density at radius 2 is 1.61 bits per heavy atom. The zero-order valence-electron chi connectivity index (χ0n) is 33.5. The number of hydrogen-bond donors (Lipinski definition) is 6. The third-order valence-electron chi connectivity index (χ3n) is 11.9. The largest absolute Gasteiger partial charge is 0.465 e. The van der Waals surface area contributed by atoms with Gasteiger partial charge in [0.2, 0.25) is 11.8 Å². The molecule has 3 aromatic carbocycles. The van der Waals surface area contributed by atoms with E-state index in [-0.39, 0.29) is 47.4 Å². The fraction of sp³-hybridized carbons (Fsp3) is 0.465. The average molecular weight is 778 g/mol. The van der Waals surface area contributed by atoms with Crippen molar-refractivity contribution in [1.82, 2.24) is 41.5 Å². The van der Waals surface area contributed by atoms with Gasteiger partial charge < -0.3 is 31.3 Å². The second kappa shape index (κ2) is 18.1. The van der Waals surface area contributed by atoms with E-state index in [4.69, 9.17) is 5.11 Å². The lowest BCUT2D eigenvalue weighted by atomic mass is 9.71. The fourth-order valence-electron chi connectivity index (χ4n) is 8.32. The first kappa shape index (κ1) is 41.0. The molecule has 14 nitrogen and oxygen atoms in total. The Morgan fingerprint density at radius 3 is 2.23 bits per heavy atom. The van der Waals surface area contributed by atoms with Crippen molar-refractivity contribution < 1.29 is 24.3 Å². The molecule has 302 valence electrons. The fourth-order valence-corrected chi connectivity index (χ4v) is 8.32. The van der Waals surface area contributed by atoms with Crippen LogP contribution in [0.4, 0.5) is 10.5 Å². The van der Waals surface area contributed by atoms with Crippen LogP contribution in [0.1, 0.15) is 80.3 Å². The first-order valence-corrected chi connectivity index (χ1v) is 19.8. The van der Waals surface area contributed by atoms with Crippen molar-refractivity contribution in [2.24, 2.45) is 17.3 Å². The lowest BCUT2D eigenvalue weighted by Gasteiger charge is -2.44. The van der Waals surface area contributed by atoms with Gasteiger partial charge in [-0.3, -0.25) is 14.4 Å². The molecule has 2 aliphatic carbocycles. The summed E-state index contributed by atoms with van der Waals surface area (Å²) in [5.74, 6) is -0.172. The van der Waals surface area contributed by atoms with Gasteiger partial charge in [0.1, 0.15) is 6.04 Å². The summed E-state index contributed by atoms with van der Waals surface area (Å²) >= 11 is 0. The third-order valence-corrected chi connectivity index (χ3v) is 11.9. The van der Waals surface area contributed by atoms with Crippen LogP contribution in [0.2, 0.25) is 0 Å². The Kier molecular flexibility index (Phi) is 13.0. The molecule has 4 aromatic rings. The molecule has 6 N–H and O–H groups in total. The number of benzene rings is 3. The Bertz CT molecular complexity index is 2010. The maximum atomic E-state index is 13.8. The van der Waals surface area contributed by atoms with Gasteiger partial charge in [-0.25, -0.2) is 9.89 Å². The average Bonchev–Trinajstić information content (AvgIpc) is 3.73. The van der Waals surface area contributed by atoms with E-state index in [2.05, 4.69) is 74.7 Å². The van der Waals surface area contributed by atoms with Crippen LogP contribution in [0.15, 0.2) is 66.7 Å². The summed E-state index contributed by atoms with van der Waals surface area (Å²) in [6.07, 6.45) is 4.95. The van der Waals surface area contributed by atoms with Crippen molar-refractivity contribution in [3.63, 3.8) is 0 Å². The number of amides is 4. The molecule has 4 amide bonds. The van der Waals surface area contributed by atoms with Gasteiger partial charge in [0, 0.05) is 47.8 Å². The first-order chi connectivity index (χ1) is 27.3. The van der Waals surface area contributed by atoms with Gasteiger partial charge >= 0.3 is 6.09 Å². The number of H-pyrrole nitrogens is 1. The third kappa shape index (κ3) is 10.6. The van der Waals surface area contributed by atoms with E-state index < -0.39 is 12.1 Å². The first-order valence-electron chi connectivity index (χ1n) is 19.8. The minimum atomic E-state index is -1.05. The molecular formula is C43H55N9O5. The number of carboxylic acid groups (broad SMARTS) is 1. The maximum Gasteiger partial charge on any atom is 0.404 e. The van der Waals surface area contributed by atoms with Crippen LogP contribution in [0, 0.1) is 24.2 Å². The number of carbonyl (C=O) groups is 4. The highest BCUT2D eigenvalue weighted by Gasteiger charge is 2.38. The topological polar surface area (TPSA) is 194 Å². The van der Waals surface area contributed by atoms with Crippen molar-refractivity contribution in [1.29, 1.82) is 0 Å². The second-order valence-corrected chi connectivity index (χ2v) is 16.6. The Labute approximate surface area is 334 Å². The molecule has 0 bridgehead atoms. The van der Waals surface area contributed by atoms with Crippen LogP contribution in [0.25, 0.3) is 22.5 Å². The number of aromatic amines is 1. The van der Waals surface area contributed by atoms with E-state index in [1.807, 2.05) is 49.4 Å². The van der Waals surface area contributed by atoms with Crippen LogP contribution < -0.4 is 21.3 Å². The molecule has 2 fully saturated rings. The van der Waals surface area contributed by atoms with Crippen LogP contribution in [-0.4, -0.2) is 93.2 Å². The molecule has 2 aliphatic rings.